The molecule has 0 atom stereocenters. The van der Waals surface area contributed by atoms with Crippen molar-refractivity contribution in [3.63, 3.8) is 0 Å². The zero-order chi connectivity index (χ0) is 22.0. The van der Waals surface area contributed by atoms with Crippen LogP contribution < -0.4 is 5.32 Å². The van der Waals surface area contributed by atoms with Crippen molar-refractivity contribution in [2.75, 3.05) is 31.6 Å². The lowest BCUT2D eigenvalue weighted by molar-refractivity contribution is 0.0730. The van der Waals surface area contributed by atoms with Crippen molar-refractivity contribution in [2.45, 2.75) is 18.7 Å². The summed E-state index contributed by atoms with van der Waals surface area (Å²) in [5.74, 6) is -0.400. The summed E-state index contributed by atoms with van der Waals surface area (Å²) in [4.78, 5) is 17.4. The van der Waals surface area contributed by atoms with Crippen molar-refractivity contribution in [3.05, 3.63) is 64.5 Å². The van der Waals surface area contributed by atoms with Crippen molar-refractivity contribution in [3.8, 4) is 11.3 Å². The van der Waals surface area contributed by atoms with Crippen LogP contribution in [-0.4, -0.2) is 49.9 Å². The average molecular weight is 458 g/mol. The molecule has 0 bridgehead atoms. The van der Waals surface area contributed by atoms with E-state index in [4.69, 9.17) is 4.74 Å². The zero-order valence-corrected chi connectivity index (χ0v) is 18.9. The summed E-state index contributed by atoms with van der Waals surface area (Å²) in [5, 5.41) is 5.11. The van der Waals surface area contributed by atoms with Crippen LogP contribution in [0.5, 0.6) is 0 Å². The van der Waals surface area contributed by atoms with Crippen LogP contribution >= 0.6 is 11.3 Å². The van der Waals surface area contributed by atoms with Gasteiger partial charge in [-0.25, -0.2) is 13.4 Å². The quantitative estimate of drug-likeness (QED) is 0.631. The largest absolute Gasteiger partial charge is 0.379 e. The molecule has 0 saturated carbocycles. The number of ether oxygens (including phenoxy) is 1. The summed E-state index contributed by atoms with van der Waals surface area (Å²) < 4.78 is 32.8. The number of aryl methyl sites for hydroxylation is 2. The first-order valence-electron chi connectivity index (χ1n) is 9.87. The molecule has 1 saturated heterocycles. The van der Waals surface area contributed by atoms with Gasteiger partial charge in [-0.15, -0.1) is 11.3 Å². The Kier molecular flexibility index (Phi) is 6.19. The molecule has 9 heteroatoms. The van der Waals surface area contributed by atoms with E-state index in [1.165, 1.54) is 21.7 Å². The Morgan fingerprint density at radius 2 is 1.81 bits per heavy atom. The molecule has 1 N–H and O–H groups in total. The molecule has 4 rings (SSSR count). The van der Waals surface area contributed by atoms with Gasteiger partial charge in [0, 0.05) is 29.6 Å². The number of benzene rings is 2. The van der Waals surface area contributed by atoms with E-state index >= 15 is 0 Å². The molecule has 162 valence electrons. The summed E-state index contributed by atoms with van der Waals surface area (Å²) in [7, 11) is -3.70. The Balaban J connectivity index is 1.54. The van der Waals surface area contributed by atoms with Gasteiger partial charge in [0.05, 0.1) is 23.8 Å². The molecular formula is C22H23N3O4S2. The molecule has 3 aromatic rings. The van der Waals surface area contributed by atoms with Gasteiger partial charge in [0.2, 0.25) is 10.0 Å². The number of carbonyl (C=O) groups excluding carboxylic acids is 1. The van der Waals surface area contributed by atoms with Crippen molar-refractivity contribution in [1.29, 1.82) is 0 Å². The fourth-order valence-corrected chi connectivity index (χ4v) is 5.68. The number of nitrogens with zero attached hydrogens (tertiary/aromatic N) is 2. The van der Waals surface area contributed by atoms with Gasteiger partial charge >= 0.3 is 0 Å². The van der Waals surface area contributed by atoms with Crippen molar-refractivity contribution >= 4 is 32.4 Å². The van der Waals surface area contributed by atoms with Crippen LogP contribution in [0.3, 0.4) is 0 Å². The molecule has 1 amide bonds. The van der Waals surface area contributed by atoms with E-state index in [2.05, 4.69) is 10.3 Å². The molecule has 0 aliphatic carbocycles. The lowest BCUT2D eigenvalue weighted by Crippen LogP contribution is -2.40. The lowest BCUT2D eigenvalue weighted by atomic mass is 10.1. The van der Waals surface area contributed by atoms with Crippen LogP contribution in [-0.2, 0) is 14.8 Å². The van der Waals surface area contributed by atoms with Gasteiger partial charge in [0.1, 0.15) is 0 Å². The van der Waals surface area contributed by atoms with Crippen LogP contribution in [0, 0.1) is 13.8 Å². The van der Waals surface area contributed by atoms with Crippen molar-refractivity contribution in [1.82, 2.24) is 9.29 Å². The number of rotatable bonds is 5. The fourth-order valence-electron chi connectivity index (χ4n) is 3.30. The van der Waals surface area contributed by atoms with E-state index < -0.39 is 15.9 Å². The van der Waals surface area contributed by atoms with Gasteiger partial charge < -0.3 is 4.74 Å². The normalized spacial score (nSPS) is 15.0. The summed E-state index contributed by atoms with van der Waals surface area (Å²) in [6.45, 7) is 5.09. The maximum absolute atomic E-state index is 13.1. The van der Waals surface area contributed by atoms with E-state index in [1.807, 2.05) is 36.6 Å². The lowest BCUT2D eigenvalue weighted by Gasteiger charge is -2.26. The number of aromatic nitrogens is 1. The highest BCUT2D eigenvalue weighted by Gasteiger charge is 2.28. The van der Waals surface area contributed by atoms with Gasteiger partial charge in [0.25, 0.3) is 5.91 Å². The van der Waals surface area contributed by atoms with Crippen molar-refractivity contribution < 1.29 is 17.9 Å². The molecule has 0 unspecified atom stereocenters. The van der Waals surface area contributed by atoms with Crippen molar-refractivity contribution in [2.24, 2.45) is 0 Å². The third-order valence-corrected chi connectivity index (χ3v) is 7.91. The monoisotopic (exact) mass is 457 g/mol. The summed E-state index contributed by atoms with van der Waals surface area (Å²) >= 11 is 1.32. The second kappa shape index (κ2) is 8.88. The minimum Gasteiger partial charge on any atom is -0.379 e. The Hall–Kier alpha value is -2.59. The highest BCUT2D eigenvalue weighted by molar-refractivity contribution is 7.89. The first-order chi connectivity index (χ1) is 14.8. The summed E-state index contributed by atoms with van der Waals surface area (Å²) in [6.07, 6.45) is 0. The van der Waals surface area contributed by atoms with Gasteiger partial charge in [-0.3, -0.25) is 10.1 Å². The first-order valence-corrected chi connectivity index (χ1v) is 12.2. The molecule has 2 heterocycles. The van der Waals surface area contributed by atoms with Gasteiger partial charge in [-0.1, -0.05) is 35.9 Å². The maximum atomic E-state index is 13.1. The highest BCUT2D eigenvalue weighted by Crippen LogP contribution is 2.26. The van der Waals surface area contributed by atoms with E-state index in [0.717, 1.165) is 16.8 Å². The third-order valence-electron chi connectivity index (χ3n) is 5.11. The minimum absolute atomic E-state index is 0.140. The standard InChI is InChI=1S/C22H23N3O4S2/c1-15-3-6-17(7-4-15)19-14-30-22(23-19)24-21(26)18-8-5-16(2)20(13-18)31(27,28)25-9-11-29-12-10-25/h3-8,13-14H,9-12H2,1-2H3,(H,23,24,26). The Morgan fingerprint density at radius 1 is 1.10 bits per heavy atom. The number of anilines is 1. The number of sulfonamides is 1. The van der Waals surface area contributed by atoms with Gasteiger partial charge in [-0.2, -0.15) is 4.31 Å². The Morgan fingerprint density at radius 3 is 2.52 bits per heavy atom. The number of hydrogen-bond acceptors (Lipinski definition) is 6. The van der Waals surface area contributed by atoms with E-state index in [9.17, 15) is 13.2 Å². The van der Waals surface area contributed by atoms with Crippen LogP contribution in [0.4, 0.5) is 5.13 Å². The molecule has 31 heavy (non-hydrogen) atoms. The number of amides is 1. The molecule has 1 aliphatic heterocycles. The predicted octanol–water partition coefficient (Wildman–Crippen LogP) is 3.70. The summed E-state index contributed by atoms with van der Waals surface area (Å²) in [6, 6.07) is 12.7. The number of nitrogens with one attached hydrogen (secondary N) is 1. The van der Waals surface area contributed by atoms with Crippen LogP contribution in [0.2, 0.25) is 0 Å². The molecule has 1 aliphatic rings. The topological polar surface area (TPSA) is 88.6 Å². The first kappa shape index (κ1) is 21.6. The van der Waals surface area contributed by atoms with E-state index in [0.29, 0.717) is 37.0 Å². The minimum atomic E-state index is -3.70. The third kappa shape index (κ3) is 4.69. The Labute approximate surface area is 185 Å². The predicted molar refractivity (Wildman–Crippen MR) is 121 cm³/mol. The zero-order valence-electron chi connectivity index (χ0n) is 17.3. The molecule has 2 aromatic carbocycles. The molecule has 0 spiro atoms. The second-order valence-electron chi connectivity index (χ2n) is 7.35. The van der Waals surface area contributed by atoms with E-state index in [1.54, 1.807) is 19.1 Å². The number of carbonyl (C=O) groups is 1. The van der Waals surface area contributed by atoms with Crippen LogP contribution in [0.1, 0.15) is 21.5 Å². The van der Waals surface area contributed by atoms with Gasteiger partial charge in [0.15, 0.2) is 5.13 Å². The van der Waals surface area contributed by atoms with Gasteiger partial charge in [-0.05, 0) is 31.5 Å². The molecule has 1 fully saturated rings. The van der Waals surface area contributed by atoms with E-state index in [-0.39, 0.29) is 10.5 Å². The second-order valence-corrected chi connectivity index (χ2v) is 10.1. The Bertz CT molecular complexity index is 1200. The average Bonchev–Trinajstić information content (AvgIpc) is 3.23. The SMILES string of the molecule is Cc1ccc(-c2csc(NC(=O)c3ccc(C)c(S(=O)(=O)N4CCOCC4)c3)n2)cc1. The molecular weight excluding hydrogens is 434 g/mol. The number of hydrogen-bond donors (Lipinski definition) is 1. The van der Waals surface area contributed by atoms with Crippen LogP contribution in [0.25, 0.3) is 11.3 Å². The maximum Gasteiger partial charge on any atom is 0.257 e. The fraction of sp³-hybridized carbons (Fsp3) is 0.273. The highest BCUT2D eigenvalue weighted by atomic mass is 32.2. The summed E-state index contributed by atoms with van der Waals surface area (Å²) in [5.41, 5.74) is 3.77. The molecule has 7 nitrogen and oxygen atoms in total. The number of morpholine rings is 1. The smallest absolute Gasteiger partial charge is 0.257 e. The number of thiazole rings is 1. The van der Waals surface area contributed by atoms with Crippen LogP contribution in [0.15, 0.2) is 52.7 Å². The molecule has 0 radical (unpaired) electrons. The molecule has 1 aromatic heterocycles.